The lowest BCUT2D eigenvalue weighted by Crippen LogP contribution is -1.92. The van der Waals surface area contributed by atoms with Crippen molar-refractivity contribution < 1.29 is 8.78 Å². The van der Waals surface area contributed by atoms with E-state index in [-0.39, 0.29) is 10.0 Å². The topological polar surface area (TPSA) is 41.6 Å². The van der Waals surface area contributed by atoms with Gasteiger partial charge >= 0.3 is 0 Å². The molecule has 0 aliphatic carbocycles. The van der Waals surface area contributed by atoms with E-state index in [1.54, 1.807) is 0 Å². The smallest absolute Gasteiger partial charge is 0.138 e. The lowest BCUT2D eigenvalue weighted by molar-refractivity contribution is 0.596. The van der Waals surface area contributed by atoms with Crippen LogP contribution in [0.3, 0.4) is 0 Å². The summed E-state index contributed by atoms with van der Waals surface area (Å²) in [5.74, 6) is -1.06. The molecule has 0 amide bonds. The molecule has 1 aromatic heterocycles. The second-order valence-corrected chi connectivity index (χ2v) is 4.07. The highest BCUT2D eigenvalue weighted by molar-refractivity contribution is 9.10. The zero-order valence-electron chi connectivity index (χ0n) is 8.39. The monoisotopic (exact) mass is 287 g/mol. The van der Waals surface area contributed by atoms with Gasteiger partial charge in [0.25, 0.3) is 0 Å². The molecule has 0 aliphatic rings. The van der Waals surface area contributed by atoms with Crippen LogP contribution in [0.2, 0.25) is 0 Å². The Hall–Kier alpha value is -1.30. The molecule has 0 fully saturated rings. The van der Waals surface area contributed by atoms with Crippen LogP contribution in [0.5, 0.6) is 0 Å². The van der Waals surface area contributed by atoms with Gasteiger partial charge in [-0.25, -0.2) is 8.78 Å². The standard InChI is InChI=1S/C10H8BrF2N3/c1-2-9-10(15-16-14-9)5-3-8(13)6(11)4-7(5)12/h3-4H,2H2,1H3,(H,14,15,16). The van der Waals surface area contributed by atoms with Crippen LogP contribution < -0.4 is 0 Å². The highest BCUT2D eigenvalue weighted by atomic mass is 79.9. The van der Waals surface area contributed by atoms with Gasteiger partial charge in [-0.2, -0.15) is 15.4 Å². The van der Waals surface area contributed by atoms with Crippen molar-refractivity contribution in [2.24, 2.45) is 0 Å². The van der Waals surface area contributed by atoms with Gasteiger partial charge in [0.15, 0.2) is 0 Å². The van der Waals surface area contributed by atoms with Gasteiger partial charge in [-0.15, -0.1) is 0 Å². The summed E-state index contributed by atoms with van der Waals surface area (Å²) in [7, 11) is 0. The van der Waals surface area contributed by atoms with Gasteiger partial charge in [-0.1, -0.05) is 6.92 Å². The first-order valence-electron chi connectivity index (χ1n) is 4.68. The van der Waals surface area contributed by atoms with E-state index >= 15 is 0 Å². The van der Waals surface area contributed by atoms with Crippen molar-refractivity contribution in [3.63, 3.8) is 0 Å². The van der Waals surface area contributed by atoms with Crippen molar-refractivity contribution in [2.75, 3.05) is 0 Å². The molecule has 0 atom stereocenters. The first-order chi connectivity index (χ1) is 7.63. The zero-order valence-corrected chi connectivity index (χ0v) is 9.98. The van der Waals surface area contributed by atoms with Crippen LogP contribution in [0.4, 0.5) is 8.78 Å². The number of benzene rings is 1. The van der Waals surface area contributed by atoms with Crippen LogP contribution in [0, 0.1) is 11.6 Å². The molecule has 1 aromatic carbocycles. The predicted molar refractivity (Wildman–Crippen MR) is 58.8 cm³/mol. The average molecular weight is 288 g/mol. The minimum absolute atomic E-state index is 0.0929. The first kappa shape index (κ1) is 11.2. The largest absolute Gasteiger partial charge is 0.206 e. The van der Waals surface area contributed by atoms with Crippen LogP contribution in [-0.4, -0.2) is 15.4 Å². The molecule has 2 rings (SSSR count). The molecule has 0 unspecified atom stereocenters. The number of rotatable bonds is 2. The summed E-state index contributed by atoms with van der Waals surface area (Å²) in [6.45, 7) is 1.87. The third-order valence-corrected chi connectivity index (χ3v) is 2.83. The molecule has 1 heterocycles. The second kappa shape index (κ2) is 4.29. The van der Waals surface area contributed by atoms with Gasteiger partial charge in [0, 0.05) is 5.56 Å². The van der Waals surface area contributed by atoms with Crippen LogP contribution in [0.25, 0.3) is 11.3 Å². The third kappa shape index (κ3) is 1.84. The predicted octanol–water partition coefficient (Wildman–Crippen LogP) is 3.07. The van der Waals surface area contributed by atoms with E-state index in [2.05, 4.69) is 31.3 Å². The molecule has 2 aromatic rings. The second-order valence-electron chi connectivity index (χ2n) is 3.22. The highest BCUT2D eigenvalue weighted by Gasteiger charge is 2.15. The van der Waals surface area contributed by atoms with Crippen LogP contribution in [0.15, 0.2) is 16.6 Å². The maximum atomic E-state index is 13.6. The number of aromatic nitrogens is 3. The van der Waals surface area contributed by atoms with Gasteiger partial charge < -0.3 is 0 Å². The molecule has 1 N–H and O–H groups in total. The Balaban J connectivity index is 2.60. The van der Waals surface area contributed by atoms with E-state index < -0.39 is 11.6 Å². The number of nitrogens with zero attached hydrogens (tertiary/aromatic N) is 2. The summed E-state index contributed by atoms with van der Waals surface area (Å²) >= 11 is 2.92. The fraction of sp³-hybridized carbons (Fsp3) is 0.200. The van der Waals surface area contributed by atoms with Crippen LogP contribution in [0.1, 0.15) is 12.6 Å². The molecular weight excluding hydrogens is 280 g/mol. The molecule has 0 bridgehead atoms. The highest BCUT2D eigenvalue weighted by Crippen LogP contribution is 2.28. The van der Waals surface area contributed by atoms with Crippen LogP contribution >= 0.6 is 15.9 Å². The molecule has 0 spiro atoms. The molecule has 84 valence electrons. The van der Waals surface area contributed by atoms with Crippen molar-refractivity contribution in [3.8, 4) is 11.3 Å². The Morgan fingerprint density at radius 1 is 1.25 bits per heavy atom. The number of aromatic amines is 1. The normalized spacial score (nSPS) is 10.8. The maximum Gasteiger partial charge on any atom is 0.138 e. The fourth-order valence-electron chi connectivity index (χ4n) is 1.42. The Bertz CT molecular complexity index is 525. The summed E-state index contributed by atoms with van der Waals surface area (Å²) < 4.78 is 27.0. The minimum Gasteiger partial charge on any atom is -0.206 e. The summed E-state index contributed by atoms with van der Waals surface area (Å²) in [6.07, 6.45) is 0.600. The Morgan fingerprint density at radius 2 is 2.00 bits per heavy atom. The Morgan fingerprint density at radius 3 is 2.69 bits per heavy atom. The summed E-state index contributed by atoms with van der Waals surface area (Å²) in [4.78, 5) is 0. The lowest BCUT2D eigenvalue weighted by atomic mass is 10.1. The number of hydrogen-bond donors (Lipinski definition) is 1. The fourth-order valence-corrected chi connectivity index (χ4v) is 1.73. The number of aryl methyl sites for hydroxylation is 1. The van der Waals surface area contributed by atoms with Gasteiger partial charge in [-0.3, -0.25) is 0 Å². The Labute approximate surface area is 99.0 Å². The number of H-pyrrole nitrogens is 1. The molecule has 0 saturated carbocycles. The molecule has 0 aliphatic heterocycles. The van der Waals surface area contributed by atoms with Gasteiger partial charge in [0.1, 0.15) is 17.3 Å². The first-order valence-corrected chi connectivity index (χ1v) is 5.47. The van der Waals surface area contributed by atoms with Crippen LogP contribution in [-0.2, 0) is 6.42 Å². The van der Waals surface area contributed by atoms with Gasteiger partial charge in [0.05, 0.1) is 10.2 Å². The minimum atomic E-state index is -0.531. The van der Waals surface area contributed by atoms with Crippen molar-refractivity contribution in [3.05, 3.63) is 33.9 Å². The molecule has 3 nitrogen and oxygen atoms in total. The molecule has 6 heteroatoms. The summed E-state index contributed by atoms with van der Waals surface area (Å²) in [6, 6.07) is 2.19. The van der Waals surface area contributed by atoms with Gasteiger partial charge in [0.2, 0.25) is 0 Å². The summed E-state index contributed by atoms with van der Waals surface area (Å²) in [5, 5.41) is 10.1. The number of halogens is 3. The van der Waals surface area contributed by atoms with Gasteiger partial charge in [-0.05, 0) is 34.5 Å². The molecule has 0 saturated heterocycles. The molecule has 16 heavy (non-hydrogen) atoms. The van der Waals surface area contributed by atoms with E-state index in [0.717, 1.165) is 12.1 Å². The number of hydrogen-bond acceptors (Lipinski definition) is 2. The Kier molecular flexibility index (Phi) is 3.00. The van der Waals surface area contributed by atoms with Crippen molar-refractivity contribution in [1.82, 2.24) is 15.4 Å². The van der Waals surface area contributed by atoms with E-state index in [4.69, 9.17) is 0 Å². The maximum absolute atomic E-state index is 13.6. The third-order valence-electron chi connectivity index (χ3n) is 2.22. The van der Waals surface area contributed by atoms with Crippen molar-refractivity contribution >= 4 is 15.9 Å². The average Bonchev–Trinajstić information content (AvgIpc) is 2.71. The lowest BCUT2D eigenvalue weighted by Gasteiger charge is -2.02. The zero-order chi connectivity index (χ0) is 11.7. The van der Waals surface area contributed by atoms with Crippen molar-refractivity contribution in [2.45, 2.75) is 13.3 Å². The SMILES string of the molecule is CCc1n[nH]nc1-c1cc(F)c(Br)cc1F. The molecule has 0 radical (unpaired) electrons. The van der Waals surface area contributed by atoms with E-state index in [1.165, 1.54) is 0 Å². The van der Waals surface area contributed by atoms with E-state index in [0.29, 0.717) is 17.8 Å². The van der Waals surface area contributed by atoms with E-state index in [9.17, 15) is 8.78 Å². The van der Waals surface area contributed by atoms with Crippen molar-refractivity contribution in [1.29, 1.82) is 0 Å². The quantitative estimate of drug-likeness (QED) is 0.863. The van der Waals surface area contributed by atoms with E-state index in [1.807, 2.05) is 6.92 Å². The molecular formula is C10H8BrF2N3. The summed E-state index contributed by atoms with van der Waals surface area (Å²) in [5.41, 5.74) is 1.08. The number of nitrogens with one attached hydrogen (secondary N) is 1.